The normalized spacial score (nSPS) is 14.8. The predicted molar refractivity (Wildman–Crippen MR) is 87.5 cm³/mol. The van der Waals surface area contributed by atoms with Gasteiger partial charge in [-0.15, -0.1) is 5.10 Å². The number of carbonyl (C=O) groups excluding carboxylic acids is 2. The number of carboxylic acid groups (broad SMARTS) is 1. The van der Waals surface area contributed by atoms with Gasteiger partial charge in [0, 0.05) is 13.1 Å². The van der Waals surface area contributed by atoms with Crippen LogP contribution in [0.5, 0.6) is 0 Å². The number of hydrogen-bond donors (Lipinski definition) is 2. The van der Waals surface area contributed by atoms with E-state index in [1.165, 1.54) is 4.68 Å². The number of carbonyl (C=O) groups is 3. The molecule has 0 radical (unpaired) electrons. The molecule has 2 amide bonds. The summed E-state index contributed by atoms with van der Waals surface area (Å²) in [5.41, 5.74) is -0.898. The number of alkyl carbamates (subject to hydrolysis) is 1. The maximum atomic E-state index is 12.3. The number of amides is 2. The van der Waals surface area contributed by atoms with Gasteiger partial charge in [0.15, 0.2) is 5.69 Å². The van der Waals surface area contributed by atoms with Crippen LogP contribution in [0.4, 0.5) is 4.79 Å². The quantitative estimate of drug-likeness (QED) is 0.732. The SMILES string of the molecule is CC(C)(C)OC(=O)NCc1c(C(=O)O)nnn1CC(=O)N1CCOCC1. The maximum absolute atomic E-state index is 12.3. The number of aromatic nitrogens is 3. The summed E-state index contributed by atoms with van der Waals surface area (Å²) in [5, 5.41) is 19.0. The van der Waals surface area contributed by atoms with E-state index in [1.54, 1.807) is 25.7 Å². The summed E-state index contributed by atoms with van der Waals surface area (Å²) in [6.45, 7) is 6.61. The molecule has 0 unspecified atom stereocenters. The Kier molecular flexibility index (Phi) is 6.14. The van der Waals surface area contributed by atoms with E-state index in [0.29, 0.717) is 26.3 Å². The van der Waals surface area contributed by atoms with Crippen LogP contribution in [0.1, 0.15) is 37.0 Å². The van der Waals surface area contributed by atoms with E-state index in [2.05, 4.69) is 15.6 Å². The Morgan fingerprint density at radius 2 is 1.92 bits per heavy atom. The summed E-state index contributed by atoms with van der Waals surface area (Å²) in [5.74, 6) is -1.52. The molecule has 144 valence electrons. The third-order valence-corrected chi connectivity index (χ3v) is 3.49. The first kappa shape index (κ1) is 19.6. The molecule has 0 atom stereocenters. The van der Waals surface area contributed by atoms with Gasteiger partial charge in [0.05, 0.1) is 25.5 Å². The molecule has 2 heterocycles. The molecule has 26 heavy (non-hydrogen) atoms. The van der Waals surface area contributed by atoms with Crippen molar-refractivity contribution < 1.29 is 29.0 Å². The van der Waals surface area contributed by atoms with E-state index in [4.69, 9.17) is 9.47 Å². The van der Waals surface area contributed by atoms with E-state index in [9.17, 15) is 19.5 Å². The summed E-state index contributed by atoms with van der Waals surface area (Å²) < 4.78 is 11.5. The van der Waals surface area contributed by atoms with Crippen LogP contribution in [-0.2, 0) is 27.4 Å². The van der Waals surface area contributed by atoms with Crippen LogP contribution in [-0.4, -0.2) is 74.9 Å². The Balaban J connectivity index is 2.08. The molecule has 0 aromatic carbocycles. The highest BCUT2D eigenvalue weighted by Crippen LogP contribution is 2.10. The first-order chi connectivity index (χ1) is 12.2. The predicted octanol–water partition coefficient (Wildman–Crippen LogP) is -0.140. The highest BCUT2D eigenvalue weighted by atomic mass is 16.6. The van der Waals surface area contributed by atoms with Crippen molar-refractivity contribution in [3.8, 4) is 0 Å². The molecule has 0 spiro atoms. The van der Waals surface area contributed by atoms with Crippen molar-refractivity contribution >= 4 is 18.0 Å². The number of carboxylic acids is 1. The van der Waals surface area contributed by atoms with Gasteiger partial charge < -0.3 is 24.8 Å². The topological polar surface area (TPSA) is 136 Å². The van der Waals surface area contributed by atoms with Gasteiger partial charge in [-0.2, -0.15) is 0 Å². The highest BCUT2D eigenvalue weighted by molar-refractivity contribution is 5.86. The highest BCUT2D eigenvalue weighted by Gasteiger charge is 2.24. The van der Waals surface area contributed by atoms with Crippen LogP contribution >= 0.6 is 0 Å². The fraction of sp³-hybridized carbons (Fsp3) is 0.667. The largest absolute Gasteiger partial charge is 0.476 e. The van der Waals surface area contributed by atoms with Gasteiger partial charge in [-0.05, 0) is 20.8 Å². The Morgan fingerprint density at radius 3 is 2.50 bits per heavy atom. The monoisotopic (exact) mass is 369 g/mol. The van der Waals surface area contributed by atoms with E-state index in [1.807, 2.05) is 0 Å². The standard InChI is InChI=1S/C15H23N5O6/c1-15(2,3)26-14(24)16-8-10-12(13(22)23)17-18-20(10)9-11(21)19-4-6-25-7-5-19/h4-9H2,1-3H3,(H,16,24)(H,22,23). The third kappa shape index (κ3) is 5.41. The van der Waals surface area contributed by atoms with Crippen LogP contribution in [0.3, 0.4) is 0 Å². The second-order valence-electron chi connectivity index (χ2n) is 6.70. The minimum Gasteiger partial charge on any atom is -0.476 e. The summed E-state index contributed by atoms with van der Waals surface area (Å²) in [6, 6.07) is 0. The Morgan fingerprint density at radius 1 is 1.27 bits per heavy atom. The Labute approximate surface area is 150 Å². The average Bonchev–Trinajstić information content (AvgIpc) is 2.95. The van der Waals surface area contributed by atoms with Crippen molar-refractivity contribution in [3.63, 3.8) is 0 Å². The molecule has 0 saturated carbocycles. The molecule has 1 fully saturated rings. The van der Waals surface area contributed by atoms with Crippen molar-refractivity contribution in [1.82, 2.24) is 25.2 Å². The zero-order chi connectivity index (χ0) is 19.3. The van der Waals surface area contributed by atoms with Crippen LogP contribution in [0.15, 0.2) is 0 Å². The van der Waals surface area contributed by atoms with E-state index in [-0.39, 0.29) is 30.4 Å². The van der Waals surface area contributed by atoms with Gasteiger partial charge >= 0.3 is 12.1 Å². The van der Waals surface area contributed by atoms with Crippen LogP contribution < -0.4 is 5.32 Å². The lowest BCUT2D eigenvalue weighted by Gasteiger charge is -2.26. The molecule has 0 bridgehead atoms. The lowest BCUT2D eigenvalue weighted by molar-refractivity contribution is -0.136. The molecule has 11 nitrogen and oxygen atoms in total. The number of hydrogen-bond acceptors (Lipinski definition) is 7. The van der Waals surface area contributed by atoms with Crippen LogP contribution in [0.2, 0.25) is 0 Å². The number of ether oxygens (including phenoxy) is 2. The summed E-state index contributed by atoms with van der Waals surface area (Å²) >= 11 is 0. The zero-order valence-electron chi connectivity index (χ0n) is 15.0. The zero-order valence-corrected chi connectivity index (χ0v) is 15.0. The fourth-order valence-corrected chi connectivity index (χ4v) is 2.31. The molecular weight excluding hydrogens is 346 g/mol. The fourth-order valence-electron chi connectivity index (χ4n) is 2.31. The molecule has 1 aliphatic rings. The van der Waals surface area contributed by atoms with Crippen molar-refractivity contribution in [2.75, 3.05) is 26.3 Å². The maximum Gasteiger partial charge on any atom is 0.407 e. The molecule has 2 rings (SSSR count). The first-order valence-corrected chi connectivity index (χ1v) is 8.15. The number of nitrogens with one attached hydrogen (secondary N) is 1. The van der Waals surface area contributed by atoms with E-state index >= 15 is 0 Å². The third-order valence-electron chi connectivity index (χ3n) is 3.49. The van der Waals surface area contributed by atoms with E-state index in [0.717, 1.165) is 0 Å². The molecule has 1 aromatic heterocycles. The Bertz CT molecular complexity index is 675. The van der Waals surface area contributed by atoms with E-state index < -0.39 is 17.7 Å². The number of morpholine rings is 1. The molecular formula is C15H23N5O6. The molecule has 2 N–H and O–H groups in total. The second-order valence-corrected chi connectivity index (χ2v) is 6.70. The molecule has 11 heteroatoms. The first-order valence-electron chi connectivity index (χ1n) is 8.15. The molecule has 1 aromatic rings. The summed E-state index contributed by atoms with van der Waals surface area (Å²) in [6.07, 6.45) is -0.707. The average molecular weight is 369 g/mol. The smallest absolute Gasteiger partial charge is 0.407 e. The summed E-state index contributed by atoms with van der Waals surface area (Å²) in [7, 11) is 0. The van der Waals surface area contributed by atoms with Gasteiger partial charge in [0.1, 0.15) is 12.1 Å². The molecule has 0 aliphatic carbocycles. The van der Waals surface area contributed by atoms with Gasteiger partial charge in [-0.1, -0.05) is 5.21 Å². The number of nitrogens with zero attached hydrogens (tertiary/aromatic N) is 4. The van der Waals surface area contributed by atoms with Gasteiger partial charge in [0.25, 0.3) is 0 Å². The minimum absolute atomic E-state index is 0.116. The lowest BCUT2D eigenvalue weighted by Crippen LogP contribution is -2.42. The van der Waals surface area contributed by atoms with Crippen molar-refractivity contribution in [2.24, 2.45) is 0 Å². The van der Waals surface area contributed by atoms with Crippen LogP contribution in [0.25, 0.3) is 0 Å². The number of rotatable bonds is 5. The molecule has 1 saturated heterocycles. The van der Waals surface area contributed by atoms with Crippen molar-refractivity contribution in [2.45, 2.75) is 39.5 Å². The minimum atomic E-state index is -1.30. The van der Waals surface area contributed by atoms with Gasteiger partial charge in [-0.25, -0.2) is 14.3 Å². The second kappa shape index (κ2) is 8.13. The van der Waals surface area contributed by atoms with Gasteiger partial charge in [0.2, 0.25) is 5.91 Å². The van der Waals surface area contributed by atoms with Gasteiger partial charge in [-0.3, -0.25) is 4.79 Å². The lowest BCUT2D eigenvalue weighted by atomic mass is 10.2. The van der Waals surface area contributed by atoms with Crippen LogP contribution in [0, 0.1) is 0 Å². The van der Waals surface area contributed by atoms with Crippen molar-refractivity contribution in [1.29, 1.82) is 0 Å². The molecule has 1 aliphatic heterocycles. The van der Waals surface area contributed by atoms with Crippen molar-refractivity contribution in [3.05, 3.63) is 11.4 Å². The summed E-state index contributed by atoms with van der Waals surface area (Å²) in [4.78, 5) is 37.1. The Hall–Kier alpha value is -2.69. The number of aromatic carboxylic acids is 1.